The van der Waals surface area contributed by atoms with Gasteiger partial charge >= 0.3 is 0 Å². The zero-order valence-corrected chi connectivity index (χ0v) is 14.3. The van der Waals surface area contributed by atoms with Crippen LogP contribution in [-0.4, -0.2) is 40.5 Å². The molecule has 0 radical (unpaired) electrons. The normalized spacial score (nSPS) is 12.6. The topological polar surface area (TPSA) is 64.9 Å². The molecule has 0 saturated carbocycles. The Balaban J connectivity index is 2.32. The molecule has 1 atom stereocenters. The highest BCUT2D eigenvalue weighted by atomic mass is 79.9. The Labute approximate surface area is 133 Å². The molecule has 6 nitrogen and oxygen atoms in total. The molecule has 1 aromatic carbocycles. The van der Waals surface area contributed by atoms with E-state index in [9.17, 15) is 0 Å². The van der Waals surface area contributed by atoms with Gasteiger partial charge in [-0.3, -0.25) is 0 Å². The van der Waals surface area contributed by atoms with E-state index in [-0.39, 0.29) is 6.04 Å². The first-order valence-electron chi connectivity index (χ1n) is 6.82. The van der Waals surface area contributed by atoms with E-state index in [0.717, 1.165) is 33.7 Å². The van der Waals surface area contributed by atoms with Crippen molar-refractivity contribution in [2.24, 2.45) is 0 Å². The van der Waals surface area contributed by atoms with Crippen molar-refractivity contribution in [3.8, 4) is 5.69 Å². The van der Waals surface area contributed by atoms with Crippen LogP contribution in [0.25, 0.3) is 5.69 Å². The predicted octanol–water partition coefficient (Wildman–Crippen LogP) is 2.34. The third-order valence-electron chi connectivity index (χ3n) is 3.31. The van der Waals surface area contributed by atoms with Gasteiger partial charge in [-0.1, -0.05) is 15.9 Å². The van der Waals surface area contributed by atoms with Crippen LogP contribution < -0.4 is 5.32 Å². The maximum absolute atomic E-state index is 5.05. The first-order chi connectivity index (χ1) is 10.0. The average molecular weight is 354 g/mol. The second-order valence-electron chi connectivity index (χ2n) is 5.01. The highest BCUT2D eigenvalue weighted by Gasteiger charge is 2.18. The molecule has 1 heterocycles. The fourth-order valence-electron chi connectivity index (χ4n) is 2.33. The Morgan fingerprint density at radius 2 is 2.00 bits per heavy atom. The van der Waals surface area contributed by atoms with E-state index in [1.54, 1.807) is 7.11 Å². The number of hydrogen-bond acceptors (Lipinski definition) is 5. The van der Waals surface area contributed by atoms with E-state index >= 15 is 0 Å². The van der Waals surface area contributed by atoms with Crippen molar-refractivity contribution in [3.05, 3.63) is 33.6 Å². The van der Waals surface area contributed by atoms with Crippen molar-refractivity contribution in [1.82, 2.24) is 25.5 Å². The summed E-state index contributed by atoms with van der Waals surface area (Å²) in [5.41, 5.74) is 3.28. The minimum Gasteiger partial charge on any atom is -0.383 e. The second kappa shape index (κ2) is 7.11. The number of tetrazole rings is 1. The molecule has 0 aliphatic carbocycles. The van der Waals surface area contributed by atoms with Gasteiger partial charge in [0.15, 0.2) is 5.82 Å². The maximum atomic E-state index is 5.05. The Morgan fingerprint density at radius 1 is 1.33 bits per heavy atom. The summed E-state index contributed by atoms with van der Waals surface area (Å²) in [6, 6.07) is 4.17. The smallest absolute Gasteiger partial charge is 0.173 e. The third kappa shape index (κ3) is 3.66. The lowest BCUT2D eigenvalue weighted by Gasteiger charge is -2.16. The van der Waals surface area contributed by atoms with E-state index in [2.05, 4.69) is 62.8 Å². The number of ether oxygens (including phenoxy) is 1. The molecule has 0 aliphatic heterocycles. The fourth-order valence-corrected chi connectivity index (χ4v) is 3.02. The van der Waals surface area contributed by atoms with E-state index in [0.29, 0.717) is 6.61 Å². The van der Waals surface area contributed by atoms with Gasteiger partial charge in [-0.2, -0.15) is 4.68 Å². The van der Waals surface area contributed by atoms with Gasteiger partial charge in [-0.05, 0) is 54.5 Å². The van der Waals surface area contributed by atoms with Crippen LogP contribution in [-0.2, 0) is 4.74 Å². The van der Waals surface area contributed by atoms with Gasteiger partial charge in [0, 0.05) is 18.1 Å². The molecule has 21 heavy (non-hydrogen) atoms. The number of aromatic nitrogens is 4. The summed E-state index contributed by atoms with van der Waals surface area (Å²) >= 11 is 3.51. The summed E-state index contributed by atoms with van der Waals surface area (Å²) in [6.45, 7) is 7.57. The Morgan fingerprint density at radius 3 is 2.62 bits per heavy atom. The summed E-state index contributed by atoms with van der Waals surface area (Å²) < 4.78 is 7.91. The molecular formula is C14H20BrN5O. The molecule has 0 bridgehead atoms. The molecule has 0 fully saturated rings. The molecule has 0 saturated heterocycles. The highest BCUT2D eigenvalue weighted by molar-refractivity contribution is 9.10. The molecule has 1 N–H and O–H groups in total. The van der Waals surface area contributed by atoms with Crippen molar-refractivity contribution < 1.29 is 4.74 Å². The Hall–Kier alpha value is -1.31. The number of halogens is 1. The molecule has 1 aromatic heterocycles. The van der Waals surface area contributed by atoms with Gasteiger partial charge in [0.2, 0.25) is 0 Å². The molecule has 7 heteroatoms. The van der Waals surface area contributed by atoms with E-state index in [1.807, 2.05) is 11.6 Å². The van der Waals surface area contributed by atoms with Crippen molar-refractivity contribution in [3.63, 3.8) is 0 Å². The summed E-state index contributed by atoms with van der Waals surface area (Å²) in [5, 5.41) is 15.5. The first kappa shape index (κ1) is 16.1. The van der Waals surface area contributed by atoms with Gasteiger partial charge in [-0.15, -0.1) is 5.10 Å². The number of hydrogen-bond donors (Lipinski definition) is 1. The second-order valence-corrected chi connectivity index (χ2v) is 5.92. The van der Waals surface area contributed by atoms with Crippen LogP contribution in [0, 0.1) is 13.8 Å². The summed E-state index contributed by atoms with van der Waals surface area (Å²) in [5.74, 6) is 0.791. The standard InChI is InChI=1S/C14H20BrN5O/c1-9-7-12(15)8-10(2)13(9)20-14(17-18-19-20)11(3)16-5-6-21-4/h7-8,11,16H,5-6H2,1-4H3. The zero-order chi connectivity index (χ0) is 15.4. The number of aryl methyl sites for hydroxylation is 2. The number of rotatable bonds is 6. The molecule has 114 valence electrons. The van der Waals surface area contributed by atoms with Crippen molar-refractivity contribution in [2.75, 3.05) is 20.3 Å². The maximum Gasteiger partial charge on any atom is 0.173 e. The highest BCUT2D eigenvalue weighted by Crippen LogP contribution is 2.25. The summed E-state index contributed by atoms with van der Waals surface area (Å²) in [4.78, 5) is 0. The molecule has 1 unspecified atom stereocenters. The van der Waals surface area contributed by atoms with Crippen LogP contribution in [0.15, 0.2) is 16.6 Å². The van der Waals surface area contributed by atoms with Gasteiger partial charge in [-0.25, -0.2) is 0 Å². The molecule has 2 aromatic rings. The van der Waals surface area contributed by atoms with Gasteiger partial charge in [0.25, 0.3) is 0 Å². The van der Waals surface area contributed by atoms with Crippen molar-refractivity contribution >= 4 is 15.9 Å². The number of nitrogens with zero attached hydrogens (tertiary/aromatic N) is 4. The molecule has 2 rings (SSSR count). The lowest BCUT2D eigenvalue weighted by molar-refractivity contribution is 0.196. The summed E-state index contributed by atoms with van der Waals surface area (Å²) in [7, 11) is 1.69. The minimum atomic E-state index is 0.0394. The third-order valence-corrected chi connectivity index (χ3v) is 3.76. The number of nitrogens with one attached hydrogen (secondary N) is 1. The van der Waals surface area contributed by atoms with Gasteiger partial charge in [0.1, 0.15) is 0 Å². The molecule has 0 spiro atoms. The summed E-state index contributed by atoms with van der Waals surface area (Å²) in [6.07, 6.45) is 0. The number of methoxy groups -OCH3 is 1. The SMILES string of the molecule is COCCNC(C)c1nnnn1-c1c(C)cc(Br)cc1C. The lowest BCUT2D eigenvalue weighted by Crippen LogP contribution is -2.25. The Kier molecular flexibility index (Phi) is 5.44. The fraction of sp³-hybridized carbons (Fsp3) is 0.500. The Bertz CT molecular complexity index is 590. The quantitative estimate of drug-likeness (QED) is 0.807. The minimum absolute atomic E-state index is 0.0394. The largest absolute Gasteiger partial charge is 0.383 e. The molecular weight excluding hydrogens is 334 g/mol. The van der Waals surface area contributed by atoms with E-state index in [1.165, 1.54) is 0 Å². The predicted molar refractivity (Wildman–Crippen MR) is 84.6 cm³/mol. The van der Waals surface area contributed by atoms with E-state index < -0.39 is 0 Å². The van der Waals surface area contributed by atoms with Crippen LogP contribution in [0.1, 0.15) is 29.9 Å². The average Bonchev–Trinajstić information content (AvgIpc) is 2.87. The zero-order valence-electron chi connectivity index (χ0n) is 12.7. The van der Waals surface area contributed by atoms with Gasteiger partial charge in [0.05, 0.1) is 18.3 Å². The monoisotopic (exact) mass is 353 g/mol. The van der Waals surface area contributed by atoms with Crippen LogP contribution >= 0.6 is 15.9 Å². The van der Waals surface area contributed by atoms with Crippen LogP contribution in [0.4, 0.5) is 0 Å². The first-order valence-corrected chi connectivity index (χ1v) is 7.61. The van der Waals surface area contributed by atoms with Crippen LogP contribution in [0.2, 0.25) is 0 Å². The lowest BCUT2D eigenvalue weighted by atomic mass is 10.1. The van der Waals surface area contributed by atoms with Crippen molar-refractivity contribution in [1.29, 1.82) is 0 Å². The van der Waals surface area contributed by atoms with Crippen LogP contribution in [0.3, 0.4) is 0 Å². The van der Waals surface area contributed by atoms with Crippen molar-refractivity contribution in [2.45, 2.75) is 26.8 Å². The molecule has 0 amide bonds. The van der Waals surface area contributed by atoms with Crippen LogP contribution in [0.5, 0.6) is 0 Å². The van der Waals surface area contributed by atoms with Gasteiger partial charge < -0.3 is 10.1 Å². The molecule has 0 aliphatic rings. The number of benzene rings is 1. The van der Waals surface area contributed by atoms with E-state index in [4.69, 9.17) is 4.74 Å².